The van der Waals surface area contributed by atoms with Crippen molar-refractivity contribution in [2.24, 2.45) is 5.92 Å². The minimum Gasteiger partial charge on any atom is -0.489 e. The summed E-state index contributed by atoms with van der Waals surface area (Å²) < 4.78 is 11.4. The highest BCUT2D eigenvalue weighted by Crippen LogP contribution is 2.31. The summed E-state index contributed by atoms with van der Waals surface area (Å²) >= 11 is 6.07. The Balaban J connectivity index is 1.59. The lowest BCUT2D eigenvalue weighted by Gasteiger charge is -2.16. The van der Waals surface area contributed by atoms with Gasteiger partial charge in [0.25, 0.3) is 0 Å². The second-order valence-electron chi connectivity index (χ2n) is 6.49. The molecule has 2 fully saturated rings. The van der Waals surface area contributed by atoms with Crippen molar-refractivity contribution in [3.05, 3.63) is 23.2 Å². The van der Waals surface area contributed by atoms with E-state index in [0.29, 0.717) is 35.4 Å². The number of hydrogen-bond donors (Lipinski definition) is 1. The van der Waals surface area contributed by atoms with E-state index in [1.54, 1.807) is 12.1 Å². The van der Waals surface area contributed by atoms with Gasteiger partial charge >= 0.3 is 0 Å². The Morgan fingerprint density at radius 1 is 1.26 bits per heavy atom. The molecule has 1 heterocycles. The fourth-order valence-corrected chi connectivity index (χ4v) is 3.53. The van der Waals surface area contributed by atoms with Crippen LogP contribution in [0.15, 0.2) is 18.2 Å². The van der Waals surface area contributed by atoms with Crippen molar-refractivity contribution >= 4 is 23.2 Å². The zero-order valence-electron chi connectivity index (χ0n) is 13.4. The Kier molecular flexibility index (Phi) is 5.79. The lowest BCUT2D eigenvalue weighted by molar-refractivity contribution is -0.117. The second kappa shape index (κ2) is 8.02. The molecule has 1 aliphatic heterocycles. The van der Waals surface area contributed by atoms with Crippen LogP contribution in [-0.2, 0) is 9.53 Å². The predicted octanol–water partition coefficient (Wildman–Crippen LogP) is 4.42. The molecule has 4 nitrogen and oxygen atoms in total. The number of benzene rings is 1. The molecule has 126 valence electrons. The van der Waals surface area contributed by atoms with Crippen molar-refractivity contribution in [1.82, 2.24) is 0 Å². The Hall–Kier alpha value is -1.26. The van der Waals surface area contributed by atoms with Crippen LogP contribution in [0, 0.1) is 5.92 Å². The molecule has 1 aliphatic carbocycles. The highest BCUT2D eigenvalue weighted by atomic mass is 35.5. The number of hydrogen-bond acceptors (Lipinski definition) is 3. The fraction of sp³-hybridized carbons (Fsp3) is 0.611. The Morgan fingerprint density at radius 2 is 2.09 bits per heavy atom. The molecule has 5 heteroatoms. The summed E-state index contributed by atoms with van der Waals surface area (Å²) in [5.41, 5.74) is 0.651. The van der Waals surface area contributed by atoms with E-state index in [9.17, 15) is 4.79 Å². The van der Waals surface area contributed by atoms with E-state index in [0.717, 1.165) is 32.3 Å². The number of nitrogens with one attached hydrogen (secondary N) is 1. The molecular formula is C18H24ClNO3. The standard InChI is InChI=1S/C18H24ClNO3/c19-14-7-8-17(23-12-15-6-3-9-22-15)16(11-14)20-18(21)10-13-4-1-2-5-13/h7-8,11,13,15H,1-6,9-10,12H2,(H,20,21). The Bertz CT molecular complexity index is 537. The van der Waals surface area contributed by atoms with E-state index in [2.05, 4.69) is 5.32 Å². The molecule has 1 unspecified atom stereocenters. The van der Waals surface area contributed by atoms with Gasteiger partial charge < -0.3 is 14.8 Å². The largest absolute Gasteiger partial charge is 0.489 e. The number of rotatable bonds is 6. The first kappa shape index (κ1) is 16.6. The van der Waals surface area contributed by atoms with Gasteiger partial charge in [0.05, 0.1) is 11.8 Å². The monoisotopic (exact) mass is 337 g/mol. The lowest BCUT2D eigenvalue weighted by atomic mass is 10.0. The van der Waals surface area contributed by atoms with Gasteiger partial charge in [-0.25, -0.2) is 0 Å². The van der Waals surface area contributed by atoms with Crippen LogP contribution >= 0.6 is 11.6 Å². The average molecular weight is 338 g/mol. The van der Waals surface area contributed by atoms with Crippen LogP contribution in [0.5, 0.6) is 5.75 Å². The van der Waals surface area contributed by atoms with Gasteiger partial charge in [-0.15, -0.1) is 0 Å². The van der Waals surface area contributed by atoms with Crippen LogP contribution in [0.25, 0.3) is 0 Å². The van der Waals surface area contributed by atoms with Gasteiger partial charge in [0.1, 0.15) is 12.4 Å². The third-order valence-corrected chi connectivity index (χ3v) is 4.85. The summed E-state index contributed by atoms with van der Waals surface area (Å²) in [5, 5.41) is 3.55. The molecule has 0 bridgehead atoms. The van der Waals surface area contributed by atoms with Gasteiger partial charge in [-0.3, -0.25) is 4.79 Å². The van der Waals surface area contributed by atoms with E-state index in [1.807, 2.05) is 6.07 Å². The average Bonchev–Trinajstić information content (AvgIpc) is 3.19. The lowest BCUT2D eigenvalue weighted by Crippen LogP contribution is -2.19. The van der Waals surface area contributed by atoms with Crippen molar-refractivity contribution in [2.45, 2.75) is 51.0 Å². The smallest absolute Gasteiger partial charge is 0.224 e. The fourth-order valence-electron chi connectivity index (χ4n) is 3.36. The minimum atomic E-state index is 0.0427. The summed E-state index contributed by atoms with van der Waals surface area (Å²) in [5.74, 6) is 1.22. The second-order valence-corrected chi connectivity index (χ2v) is 6.93. The molecule has 1 amide bonds. The molecule has 0 spiro atoms. The maximum atomic E-state index is 12.3. The number of carbonyl (C=O) groups excluding carboxylic acids is 1. The SMILES string of the molecule is O=C(CC1CCCC1)Nc1cc(Cl)ccc1OCC1CCCO1. The predicted molar refractivity (Wildman–Crippen MR) is 91.1 cm³/mol. The molecule has 3 rings (SSSR count). The zero-order valence-corrected chi connectivity index (χ0v) is 14.1. The maximum Gasteiger partial charge on any atom is 0.224 e. The molecule has 1 saturated carbocycles. The summed E-state index contributed by atoms with van der Waals surface area (Å²) in [7, 11) is 0. The number of halogens is 1. The summed E-state index contributed by atoms with van der Waals surface area (Å²) in [4.78, 5) is 12.3. The van der Waals surface area contributed by atoms with Crippen LogP contribution in [-0.4, -0.2) is 25.2 Å². The Labute approximate surface area is 142 Å². The van der Waals surface area contributed by atoms with E-state index in [-0.39, 0.29) is 12.0 Å². The van der Waals surface area contributed by atoms with Crippen molar-refractivity contribution in [1.29, 1.82) is 0 Å². The van der Waals surface area contributed by atoms with Gasteiger partial charge in [-0.2, -0.15) is 0 Å². The molecule has 23 heavy (non-hydrogen) atoms. The van der Waals surface area contributed by atoms with Gasteiger partial charge in [-0.05, 0) is 49.8 Å². The number of carbonyl (C=O) groups is 1. The molecule has 2 aliphatic rings. The molecular weight excluding hydrogens is 314 g/mol. The molecule has 1 aromatic rings. The zero-order chi connectivity index (χ0) is 16.1. The van der Waals surface area contributed by atoms with Crippen LogP contribution in [0.2, 0.25) is 5.02 Å². The van der Waals surface area contributed by atoms with E-state index < -0.39 is 0 Å². The maximum absolute atomic E-state index is 12.3. The first-order valence-electron chi connectivity index (χ1n) is 8.54. The van der Waals surface area contributed by atoms with Gasteiger partial charge in [0, 0.05) is 18.1 Å². The van der Waals surface area contributed by atoms with E-state index in [1.165, 1.54) is 12.8 Å². The normalized spacial score (nSPS) is 21.5. The first-order valence-corrected chi connectivity index (χ1v) is 8.92. The molecule has 1 atom stereocenters. The molecule has 0 aromatic heterocycles. The summed E-state index contributed by atoms with van der Waals surface area (Å²) in [6.45, 7) is 1.31. The van der Waals surface area contributed by atoms with Crippen LogP contribution < -0.4 is 10.1 Å². The minimum absolute atomic E-state index is 0.0427. The van der Waals surface area contributed by atoms with Crippen molar-refractivity contribution in [3.63, 3.8) is 0 Å². The van der Waals surface area contributed by atoms with Crippen molar-refractivity contribution < 1.29 is 14.3 Å². The van der Waals surface area contributed by atoms with Crippen molar-refractivity contribution in [2.75, 3.05) is 18.5 Å². The number of amides is 1. The topological polar surface area (TPSA) is 47.6 Å². The van der Waals surface area contributed by atoms with Crippen LogP contribution in [0.1, 0.15) is 44.9 Å². The van der Waals surface area contributed by atoms with E-state index >= 15 is 0 Å². The molecule has 1 aromatic carbocycles. The Morgan fingerprint density at radius 3 is 2.83 bits per heavy atom. The summed E-state index contributed by atoms with van der Waals surface area (Å²) in [6.07, 6.45) is 7.63. The third kappa shape index (κ3) is 4.85. The summed E-state index contributed by atoms with van der Waals surface area (Å²) in [6, 6.07) is 5.33. The van der Waals surface area contributed by atoms with Gasteiger partial charge in [0.15, 0.2) is 0 Å². The van der Waals surface area contributed by atoms with Crippen LogP contribution in [0.3, 0.4) is 0 Å². The highest BCUT2D eigenvalue weighted by Gasteiger charge is 2.20. The molecule has 1 saturated heterocycles. The van der Waals surface area contributed by atoms with E-state index in [4.69, 9.17) is 21.1 Å². The molecule has 1 N–H and O–H groups in total. The molecule has 0 radical (unpaired) electrons. The van der Waals surface area contributed by atoms with Crippen molar-refractivity contribution in [3.8, 4) is 5.75 Å². The number of anilines is 1. The third-order valence-electron chi connectivity index (χ3n) is 4.61. The first-order chi connectivity index (χ1) is 11.2. The quantitative estimate of drug-likeness (QED) is 0.836. The van der Waals surface area contributed by atoms with Gasteiger partial charge in [-0.1, -0.05) is 24.4 Å². The number of ether oxygens (including phenoxy) is 2. The van der Waals surface area contributed by atoms with Crippen LogP contribution in [0.4, 0.5) is 5.69 Å². The van der Waals surface area contributed by atoms with Gasteiger partial charge in [0.2, 0.25) is 5.91 Å². The highest BCUT2D eigenvalue weighted by molar-refractivity contribution is 6.31.